The Morgan fingerprint density at radius 3 is 2.00 bits per heavy atom. The Morgan fingerprint density at radius 1 is 0.867 bits per heavy atom. The van der Waals surface area contributed by atoms with Crippen LogP contribution in [0.25, 0.3) is 0 Å². The average Bonchev–Trinajstić information content (AvgIpc) is 3.20. The molecular weight excluding hydrogens is 396 g/mol. The predicted molar refractivity (Wildman–Crippen MR) is 107 cm³/mol. The number of alkyl halides is 2. The lowest BCUT2D eigenvalue weighted by Crippen LogP contribution is -2.80. The van der Waals surface area contributed by atoms with Crippen LogP contribution in [0.4, 0.5) is 8.78 Å². The maximum atomic E-state index is 14.0. The molecule has 4 aliphatic heterocycles. The molecule has 30 heavy (non-hydrogen) atoms. The van der Waals surface area contributed by atoms with E-state index in [-0.39, 0.29) is 18.6 Å². The molecule has 0 amide bonds. The fraction of sp³-hybridized carbons (Fsp3) is 0.737. The van der Waals surface area contributed by atoms with Crippen molar-refractivity contribution in [3.8, 4) is 0 Å². The van der Waals surface area contributed by atoms with Crippen LogP contribution in [-0.2, 0) is 9.47 Å². The molecule has 0 aromatic carbocycles. The first-order valence-corrected chi connectivity index (χ1v) is 10.6. The smallest absolute Gasteiger partial charge is 0.273 e. The number of hydrogen-bond donors (Lipinski definition) is 3. The topological polar surface area (TPSA) is 76.6 Å². The van der Waals surface area contributed by atoms with Gasteiger partial charge in [0.1, 0.15) is 18.9 Å². The Labute approximate surface area is 174 Å². The second kappa shape index (κ2) is 9.05. The van der Waals surface area contributed by atoms with Crippen molar-refractivity contribution < 1.29 is 18.3 Å². The van der Waals surface area contributed by atoms with E-state index in [0.717, 1.165) is 26.2 Å². The van der Waals surface area contributed by atoms with E-state index in [1.807, 2.05) is 24.3 Å². The number of aliphatic imine (C=N–C) groups is 1. The molecule has 0 radical (unpaired) electrons. The minimum atomic E-state index is -2.58. The highest BCUT2D eigenvalue weighted by molar-refractivity contribution is 6.03. The zero-order chi connectivity index (χ0) is 20.5. The molecule has 4 heterocycles. The van der Waals surface area contributed by atoms with Crippen LogP contribution in [0.15, 0.2) is 29.3 Å². The van der Waals surface area contributed by atoms with Gasteiger partial charge in [-0.25, -0.2) is 13.7 Å². The lowest BCUT2D eigenvalue weighted by atomic mass is 10.1. The number of morpholine rings is 2. The summed E-state index contributed by atoms with van der Waals surface area (Å²) in [6.45, 7) is 5.75. The van der Waals surface area contributed by atoms with Crippen LogP contribution in [0.1, 0.15) is 0 Å². The van der Waals surface area contributed by atoms with Crippen LogP contribution in [0.5, 0.6) is 0 Å². The van der Waals surface area contributed by atoms with Crippen LogP contribution in [0, 0.1) is 0 Å². The molecule has 3 fully saturated rings. The molecule has 166 valence electrons. The van der Waals surface area contributed by atoms with Crippen molar-refractivity contribution >= 4 is 5.71 Å². The van der Waals surface area contributed by atoms with Crippen molar-refractivity contribution in [3.05, 3.63) is 24.3 Å². The third-order valence-electron chi connectivity index (χ3n) is 6.17. The number of nitrogens with one attached hydrogen (secondary N) is 3. The number of halogens is 2. The Balaban J connectivity index is 1.40. The first-order chi connectivity index (χ1) is 14.7. The SMILES string of the molecule is FC(F)C1N=C2C=CC=CC2N1C1NC(N2CCOCC2)NC(N2CCOCC2)N1. The van der Waals surface area contributed by atoms with Gasteiger partial charge in [0.2, 0.25) is 0 Å². The van der Waals surface area contributed by atoms with Gasteiger partial charge in [-0.05, 0) is 6.08 Å². The Bertz CT molecular complexity index is 668. The van der Waals surface area contributed by atoms with Gasteiger partial charge in [0.25, 0.3) is 6.43 Å². The molecule has 5 aliphatic rings. The number of rotatable bonds is 4. The van der Waals surface area contributed by atoms with Gasteiger partial charge in [0.05, 0.1) is 38.2 Å². The Kier molecular flexibility index (Phi) is 6.21. The summed E-state index contributed by atoms with van der Waals surface area (Å²) in [7, 11) is 0. The fourth-order valence-corrected chi connectivity index (χ4v) is 4.63. The van der Waals surface area contributed by atoms with Crippen molar-refractivity contribution in [2.24, 2.45) is 4.99 Å². The van der Waals surface area contributed by atoms with Crippen LogP contribution in [-0.4, -0.2) is 111 Å². The molecule has 0 spiro atoms. The number of hydrogen-bond acceptors (Lipinski definition) is 9. The summed E-state index contributed by atoms with van der Waals surface area (Å²) < 4.78 is 38.9. The zero-order valence-electron chi connectivity index (χ0n) is 16.8. The minimum Gasteiger partial charge on any atom is -0.379 e. The summed E-state index contributed by atoms with van der Waals surface area (Å²) in [5, 5.41) is 10.6. The van der Waals surface area contributed by atoms with Gasteiger partial charge in [-0.1, -0.05) is 18.2 Å². The van der Waals surface area contributed by atoms with Gasteiger partial charge in [0, 0.05) is 26.2 Å². The molecule has 4 unspecified atom stereocenters. The summed E-state index contributed by atoms with van der Waals surface area (Å²) in [6.07, 6.45) is 2.90. The van der Waals surface area contributed by atoms with Gasteiger partial charge < -0.3 is 9.47 Å². The van der Waals surface area contributed by atoms with Gasteiger partial charge in [-0.15, -0.1) is 0 Å². The number of allylic oxidation sites excluding steroid dienone is 2. The molecule has 1 aliphatic carbocycles. The number of ether oxygens (including phenoxy) is 2. The summed E-state index contributed by atoms with van der Waals surface area (Å²) in [6, 6.07) is -0.284. The average molecular weight is 425 g/mol. The zero-order valence-corrected chi connectivity index (χ0v) is 16.8. The maximum Gasteiger partial charge on any atom is 0.273 e. The van der Waals surface area contributed by atoms with Gasteiger partial charge in [0.15, 0.2) is 6.17 Å². The summed E-state index contributed by atoms with van der Waals surface area (Å²) in [4.78, 5) is 10.6. The normalized spacial score (nSPS) is 38.8. The monoisotopic (exact) mass is 425 g/mol. The van der Waals surface area contributed by atoms with Crippen LogP contribution < -0.4 is 16.0 Å². The molecular formula is C19H29F2N7O2. The first-order valence-electron chi connectivity index (χ1n) is 10.6. The summed E-state index contributed by atoms with van der Waals surface area (Å²) in [5.74, 6) is 0. The molecule has 9 nitrogen and oxygen atoms in total. The van der Waals surface area contributed by atoms with Gasteiger partial charge >= 0.3 is 0 Å². The lowest BCUT2D eigenvalue weighted by molar-refractivity contribution is -0.101. The molecule has 4 atom stereocenters. The van der Waals surface area contributed by atoms with Crippen molar-refractivity contribution in [2.75, 3.05) is 52.6 Å². The van der Waals surface area contributed by atoms with Crippen molar-refractivity contribution in [1.29, 1.82) is 0 Å². The van der Waals surface area contributed by atoms with E-state index in [2.05, 4.69) is 30.7 Å². The third-order valence-corrected chi connectivity index (χ3v) is 6.17. The van der Waals surface area contributed by atoms with E-state index < -0.39 is 18.9 Å². The van der Waals surface area contributed by atoms with Crippen LogP contribution in [0.3, 0.4) is 0 Å². The van der Waals surface area contributed by atoms with E-state index in [0.29, 0.717) is 32.1 Å². The van der Waals surface area contributed by atoms with Crippen molar-refractivity contribution in [2.45, 2.75) is 37.5 Å². The van der Waals surface area contributed by atoms with E-state index in [1.54, 1.807) is 4.90 Å². The second-order valence-corrected chi connectivity index (χ2v) is 7.94. The standard InChI is InChI=1S/C19H29F2N7O2/c20-15(21)16-22-13-3-1-2-4-14(13)28(16)19-24-17(26-5-9-29-10-6-26)23-18(25-19)27-7-11-30-12-8-27/h1-4,14-19,23-25H,5-12H2. The quantitative estimate of drug-likeness (QED) is 0.537. The molecule has 5 rings (SSSR count). The highest BCUT2D eigenvalue weighted by atomic mass is 19.3. The Morgan fingerprint density at radius 2 is 1.43 bits per heavy atom. The van der Waals surface area contributed by atoms with Gasteiger partial charge in [-0.3, -0.25) is 30.7 Å². The van der Waals surface area contributed by atoms with Gasteiger partial charge in [-0.2, -0.15) is 0 Å². The molecule has 0 aromatic heterocycles. The molecule has 3 N–H and O–H groups in total. The van der Waals surface area contributed by atoms with Crippen LogP contribution in [0.2, 0.25) is 0 Å². The van der Waals surface area contributed by atoms with E-state index in [9.17, 15) is 8.78 Å². The number of fused-ring (bicyclic) bond motifs is 1. The highest BCUT2D eigenvalue weighted by Gasteiger charge is 2.47. The second-order valence-electron chi connectivity index (χ2n) is 7.94. The molecule has 3 saturated heterocycles. The minimum absolute atomic E-state index is 0.168. The maximum absolute atomic E-state index is 14.0. The van der Waals surface area contributed by atoms with Crippen molar-refractivity contribution in [3.63, 3.8) is 0 Å². The molecule has 0 aromatic rings. The molecule has 0 saturated carbocycles. The summed E-state index contributed by atoms with van der Waals surface area (Å²) in [5.41, 5.74) is 0.677. The largest absolute Gasteiger partial charge is 0.379 e. The van der Waals surface area contributed by atoms with Crippen LogP contribution >= 0.6 is 0 Å². The fourth-order valence-electron chi connectivity index (χ4n) is 4.63. The lowest BCUT2D eigenvalue weighted by Gasteiger charge is -2.51. The molecule has 0 bridgehead atoms. The first kappa shape index (κ1) is 20.6. The molecule has 11 heteroatoms. The van der Waals surface area contributed by atoms with E-state index in [4.69, 9.17) is 9.47 Å². The van der Waals surface area contributed by atoms with E-state index >= 15 is 0 Å². The number of nitrogens with zero attached hydrogens (tertiary/aromatic N) is 4. The summed E-state index contributed by atoms with van der Waals surface area (Å²) >= 11 is 0. The Hall–Kier alpha value is -1.31. The third kappa shape index (κ3) is 4.08. The predicted octanol–water partition coefficient (Wildman–Crippen LogP) is -0.874. The van der Waals surface area contributed by atoms with Crippen molar-refractivity contribution in [1.82, 2.24) is 30.7 Å². The highest BCUT2D eigenvalue weighted by Crippen LogP contribution is 2.28. The van der Waals surface area contributed by atoms with E-state index in [1.165, 1.54) is 0 Å².